The summed E-state index contributed by atoms with van der Waals surface area (Å²) >= 11 is 0. The highest BCUT2D eigenvalue weighted by Gasteiger charge is 2.35. The average molecular weight is 313 g/mol. The van der Waals surface area contributed by atoms with Crippen molar-refractivity contribution in [1.29, 1.82) is 5.26 Å². The Balaban J connectivity index is 1.52. The van der Waals surface area contributed by atoms with Crippen LogP contribution in [0, 0.1) is 11.3 Å². The third kappa shape index (κ3) is 3.67. The molecule has 0 bridgehead atoms. The van der Waals surface area contributed by atoms with Gasteiger partial charge in [0.05, 0.1) is 29.6 Å². The zero-order chi connectivity index (χ0) is 16.1. The summed E-state index contributed by atoms with van der Waals surface area (Å²) in [5.74, 6) is 0.945. The Hall–Kier alpha value is -2.43. The number of rotatable bonds is 6. The van der Waals surface area contributed by atoms with E-state index in [0.29, 0.717) is 12.2 Å². The van der Waals surface area contributed by atoms with Crippen molar-refractivity contribution in [2.75, 3.05) is 33.4 Å². The summed E-state index contributed by atoms with van der Waals surface area (Å²) in [5.41, 5.74) is 1.54. The maximum Gasteiger partial charge on any atom is 0.120 e. The van der Waals surface area contributed by atoms with Gasteiger partial charge < -0.3 is 9.47 Å². The maximum absolute atomic E-state index is 8.89. The lowest BCUT2D eigenvalue weighted by Gasteiger charge is -2.15. The number of aromatic nitrogens is 3. The van der Waals surface area contributed by atoms with Gasteiger partial charge in [0.1, 0.15) is 12.4 Å². The molecule has 1 N–H and O–H groups in total. The predicted molar refractivity (Wildman–Crippen MR) is 83.0 cm³/mol. The number of benzene rings is 1. The zero-order valence-corrected chi connectivity index (χ0v) is 13.0. The molecule has 1 aliphatic heterocycles. The van der Waals surface area contributed by atoms with Gasteiger partial charge in [0.25, 0.3) is 0 Å². The van der Waals surface area contributed by atoms with Gasteiger partial charge in [-0.2, -0.15) is 20.7 Å². The smallest absolute Gasteiger partial charge is 0.120 e. The van der Waals surface area contributed by atoms with Crippen LogP contribution in [0.1, 0.15) is 17.2 Å². The van der Waals surface area contributed by atoms with Crippen LogP contribution in [-0.2, 0) is 4.74 Å². The number of likely N-dealkylation sites (tertiary alicyclic amines) is 1. The van der Waals surface area contributed by atoms with Crippen molar-refractivity contribution >= 4 is 0 Å². The lowest BCUT2D eigenvalue weighted by molar-refractivity contribution is 0.0948. The molecule has 0 amide bonds. The van der Waals surface area contributed by atoms with Crippen molar-refractivity contribution in [1.82, 2.24) is 20.3 Å². The largest absolute Gasteiger partial charge is 0.492 e. The fourth-order valence-electron chi connectivity index (χ4n) is 2.89. The molecule has 2 atom stereocenters. The van der Waals surface area contributed by atoms with Crippen LogP contribution in [0.3, 0.4) is 0 Å². The van der Waals surface area contributed by atoms with E-state index in [1.165, 1.54) is 0 Å². The maximum atomic E-state index is 8.89. The second-order valence-corrected chi connectivity index (χ2v) is 5.52. The molecule has 0 saturated carbocycles. The van der Waals surface area contributed by atoms with Crippen LogP contribution in [0.15, 0.2) is 30.5 Å². The SMILES string of the molecule is CO[C@@H]1CN(CCOc2cccc(C#N)c2)C[C@H]1c1cn[nH]n1. The summed E-state index contributed by atoms with van der Waals surface area (Å²) < 4.78 is 11.3. The Morgan fingerprint density at radius 2 is 2.35 bits per heavy atom. The van der Waals surface area contributed by atoms with Crippen LogP contribution < -0.4 is 4.74 Å². The lowest BCUT2D eigenvalue weighted by atomic mass is 10.0. The van der Waals surface area contributed by atoms with Gasteiger partial charge in [-0.15, -0.1) is 0 Å². The van der Waals surface area contributed by atoms with E-state index in [1.54, 1.807) is 25.4 Å². The molecular weight excluding hydrogens is 294 g/mol. The number of H-pyrrole nitrogens is 1. The zero-order valence-electron chi connectivity index (χ0n) is 13.0. The number of nitriles is 1. The quantitative estimate of drug-likeness (QED) is 0.861. The van der Waals surface area contributed by atoms with Gasteiger partial charge in [0.2, 0.25) is 0 Å². The molecule has 0 unspecified atom stereocenters. The van der Waals surface area contributed by atoms with E-state index < -0.39 is 0 Å². The molecule has 1 aromatic heterocycles. The van der Waals surface area contributed by atoms with E-state index in [1.807, 2.05) is 12.1 Å². The molecule has 120 valence electrons. The minimum absolute atomic E-state index is 0.113. The van der Waals surface area contributed by atoms with Crippen molar-refractivity contribution < 1.29 is 9.47 Å². The summed E-state index contributed by atoms with van der Waals surface area (Å²) in [7, 11) is 1.73. The van der Waals surface area contributed by atoms with E-state index in [-0.39, 0.29) is 12.0 Å². The Morgan fingerprint density at radius 3 is 3.09 bits per heavy atom. The topological polar surface area (TPSA) is 87.1 Å². The summed E-state index contributed by atoms with van der Waals surface area (Å²) in [6.45, 7) is 3.07. The summed E-state index contributed by atoms with van der Waals surface area (Å²) in [5, 5.41) is 19.6. The molecule has 1 aromatic carbocycles. The third-order valence-electron chi connectivity index (χ3n) is 4.10. The Bertz CT molecular complexity index is 667. The van der Waals surface area contributed by atoms with Crippen LogP contribution in [0.5, 0.6) is 5.75 Å². The van der Waals surface area contributed by atoms with E-state index in [4.69, 9.17) is 14.7 Å². The first-order valence-corrected chi connectivity index (χ1v) is 7.54. The molecule has 0 radical (unpaired) electrons. The molecule has 1 aliphatic rings. The van der Waals surface area contributed by atoms with Crippen molar-refractivity contribution in [3.05, 3.63) is 41.7 Å². The highest BCUT2D eigenvalue weighted by atomic mass is 16.5. The van der Waals surface area contributed by atoms with Crippen molar-refractivity contribution in [2.45, 2.75) is 12.0 Å². The second-order valence-electron chi connectivity index (χ2n) is 5.52. The van der Waals surface area contributed by atoms with Gasteiger partial charge in [-0.3, -0.25) is 4.90 Å². The number of hydrogen-bond donors (Lipinski definition) is 1. The van der Waals surface area contributed by atoms with E-state index in [2.05, 4.69) is 26.4 Å². The first kappa shape index (κ1) is 15.5. The van der Waals surface area contributed by atoms with Crippen molar-refractivity contribution in [3.63, 3.8) is 0 Å². The second kappa shape index (κ2) is 7.22. The van der Waals surface area contributed by atoms with E-state index >= 15 is 0 Å². The number of nitrogens with one attached hydrogen (secondary N) is 1. The molecule has 1 fully saturated rings. The van der Waals surface area contributed by atoms with Gasteiger partial charge in [-0.05, 0) is 18.2 Å². The fourth-order valence-corrected chi connectivity index (χ4v) is 2.89. The van der Waals surface area contributed by atoms with Gasteiger partial charge in [0, 0.05) is 32.7 Å². The lowest BCUT2D eigenvalue weighted by Crippen LogP contribution is -2.27. The molecular formula is C16H19N5O2. The van der Waals surface area contributed by atoms with Crippen LogP contribution in [-0.4, -0.2) is 59.8 Å². The average Bonchev–Trinajstić information content (AvgIpc) is 3.24. The summed E-state index contributed by atoms with van der Waals surface area (Å²) in [4.78, 5) is 2.29. The van der Waals surface area contributed by atoms with Gasteiger partial charge in [-0.1, -0.05) is 6.07 Å². The normalized spacial score (nSPS) is 21.2. The molecule has 1 saturated heterocycles. The monoisotopic (exact) mass is 313 g/mol. The fraction of sp³-hybridized carbons (Fsp3) is 0.438. The highest BCUT2D eigenvalue weighted by Crippen LogP contribution is 2.27. The van der Waals surface area contributed by atoms with Gasteiger partial charge >= 0.3 is 0 Å². The van der Waals surface area contributed by atoms with Crippen LogP contribution >= 0.6 is 0 Å². The number of nitrogens with zero attached hydrogens (tertiary/aromatic N) is 4. The van der Waals surface area contributed by atoms with Crippen LogP contribution in [0.4, 0.5) is 0 Å². The predicted octanol–water partition coefficient (Wildman–Crippen LogP) is 1.17. The number of ether oxygens (including phenoxy) is 2. The molecule has 2 heterocycles. The molecule has 2 aromatic rings. The number of methoxy groups -OCH3 is 1. The third-order valence-corrected chi connectivity index (χ3v) is 4.10. The Morgan fingerprint density at radius 1 is 1.43 bits per heavy atom. The van der Waals surface area contributed by atoms with Gasteiger partial charge in [0.15, 0.2) is 0 Å². The molecule has 3 rings (SSSR count). The highest BCUT2D eigenvalue weighted by molar-refractivity contribution is 5.36. The standard InChI is InChI=1S/C16H19N5O2/c1-22-16-11-21(10-14(16)15-9-18-20-19-15)5-6-23-13-4-2-3-12(7-13)8-17/h2-4,7,9,14,16H,5-6,10-11H2,1H3,(H,18,19,20)/t14-,16+/m0/s1. The number of hydrogen-bond acceptors (Lipinski definition) is 6. The molecule has 23 heavy (non-hydrogen) atoms. The molecule has 0 spiro atoms. The van der Waals surface area contributed by atoms with Crippen molar-refractivity contribution in [2.24, 2.45) is 0 Å². The van der Waals surface area contributed by atoms with Crippen LogP contribution in [0.2, 0.25) is 0 Å². The van der Waals surface area contributed by atoms with Crippen molar-refractivity contribution in [3.8, 4) is 11.8 Å². The number of aromatic amines is 1. The van der Waals surface area contributed by atoms with E-state index in [9.17, 15) is 0 Å². The molecule has 7 heteroatoms. The van der Waals surface area contributed by atoms with Gasteiger partial charge in [-0.25, -0.2) is 0 Å². The molecule has 0 aliphatic carbocycles. The Labute approximate surface area is 134 Å². The van der Waals surface area contributed by atoms with Crippen LogP contribution in [0.25, 0.3) is 0 Å². The summed E-state index contributed by atoms with van der Waals surface area (Å²) in [6.07, 6.45) is 1.87. The first-order valence-electron chi connectivity index (χ1n) is 7.54. The van der Waals surface area contributed by atoms with E-state index in [0.717, 1.165) is 31.1 Å². The minimum Gasteiger partial charge on any atom is -0.492 e. The molecule has 7 nitrogen and oxygen atoms in total. The first-order chi connectivity index (χ1) is 11.3. The Kier molecular flexibility index (Phi) is 4.86. The minimum atomic E-state index is 0.113. The summed E-state index contributed by atoms with van der Waals surface area (Å²) in [6, 6.07) is 9.31.